The van der Waals surface area contributed by atoms with Crippen LogP contribution in [0.2, 0.25) is 0 Å². The Hall–Kier alpha value is -3.14. The van der Waals surface area contributed by atoms with Gasteiger partial charge in [-0.15, -0.1) is 10.2 Å². The fraction of sp³-hybridized carbons (Fsp3) is 0.300. The largest absolute Gasteiger partial charge is 0.467 e. The van der Waals surface area contributed by atoms with Gasteiger partial charge in [-0.1, -0.05) is 23.9 Å². The zero-order valence-electron chi connectivity index (χ0n) is 16.2. The number of halogens is 1. The maximum absolute atomic E-state index is 12.9. The van der Waals surface area contributed by atoms with Crippen molar-refractivity contribution in [3.05, 3.63) is 65.6 Å². The highest BCUT2D eigenvalue weighted by Gasteiger charge is 2.16. The molecule has 3 N–H and O–H groups in total. The second-order valence-electron chi connectivity index (χ2n) is 6.55. The molecule has 0 aliphatic carbocycles. The van der Waals surface area contributed by atoms with Crippen molar-refractivity contribution in [2.45, 2.75) is 31.0 Å². The van der Waals surface area contributed by atoms with Crippen molar-refractivity contribution < 1.29 is 18.4 Å². The van der Waals surface area contributed by atoms with E-state index in [0.717, 1.165) is 5.56 Å². The van der Waals surface area contributed by atoms with E-state index in [1.54, 1.807) is 24.5 Å². The molecule has 0 unspecified atom stereocenters. The van der Waals surface area contributed by atoms with Crippen molar-refractivity contribution >= 4 is 23.6 Å². The fourth-order valence-corrected chi connectivity index (χ4v) is 3.53. The predicted molar refractivity (Wildman–Crippen MR) is 109 cm³/mol. The van der Waals surface area contributed by atoms with E-state index in [1.807, 2.05) is 10.6 Å². The average Bonchev–Trinajstić information content (AvgIpc) is 3.37. The zero-order chi connectivity index (χ0) is 21.3. The van der Waals surface area contributed by atoms with Gasteiger partial charge in [-0.25, -0.2) is 4.39 Å². The molecule has 0 fully saturated rings. The number of nitrogens with zero attached hydrogens (tertiary/aromatic N) is 3. The molecule has 0 aliphatic rings. The number of amides is 2. The van der Waals surface area contributed by atoms with E-state index in [1.165, 1.54) is 23.9 Å². The number of aromatic nitrogens is 3. The van der Waals surface area contributed by atoms with Crippen molar-refractivity contribution in [3.63, 3.8) is 0 Å². The number of hydrogen-bond donors (Lipinski definition) is 2. The SMILES string of the molecule is NC(=O)CCc1nnc(SCC(=O)NCCc2ccc(F)cc2)n1Cc1ccco1. The van der Waals surface area contributed by atoms with Gasteiger partial charge in [-0.2, -0.15) is 0 Å². The van der Waals surface area contributed by atoms with Crippen LogP contribution in [0, 0.1) is 5.82 Å². The molecule has 0 saturated carbocycles. The van der Waals surface area contributed by atoms with Gasteiger partial charge >= 0.3 is 0 Å². The first-order chi connectivity index (χ1) is 14.5. The first-order valence-electron chi connectivity index (χ1n) is 9.38. The predicted octanol–water partition coefficient (Wildman–Crippen LogP) is 1.93. The van der Waals surface area contributed by atoms with Crippen LogP contribution in [0.1, 0.15) is 23.6 Å². The first kappa shape index (κ1) is 21.6. The van der Waals surface area contributed by atoms with Gasteiger partial charge < -0.3 is 15.5 Å². The number of aryl methyl sites for hydroxylation is 1. The van der Waals surface area contributed by atoms with E-state index in [2.05, 4.69) is 15.5 Å². The second kappa shape index (κ2) is 10.6. The van der Waals surface area contributed by atoms with Crippen molar-refractivity contribution in [1.82, 2.24) is 20.1 Å². The number of primary amides is 1. The van der Waals surface area contributed by atoms with Crippen LogP contribution in [0.3, 0.4) is 0 Å². The number of rotatable bonds is 11. The maximum Gasteiger partial charge on any atom is 0.230 e. The molecule has 30 heavy (non-hydrogen) atoms. The minimum atomic E-state index is -0.419. The molecule has 0 aliphatic heterocycles. The Morgan fingerprint density at radius 1 is 1.17 bits per heavy atom. The van der Waals surface area contributed by atoms with E-state index < -0.39 is 5.91 Å². The van der Waals surface area contributed by atoms with E-state index in [0.29, 0.717) is 42.7 Å². The monoisotopic (exact) mass is 431 g/mol. The third-order valence-corrected chi connectivity index (χ3v) is 5.23. The van der Waals surface area contributed by atoms with E-state index in [4.69, 9.17) is 10.2 Å². The van der Waals surface area contributed by atoms with E-state index >= 15 is 0 Å². The Morgan fingerprint density at radius 3 is 2.67 bits per heavy atom. The van der Waals surface area contributed by atoms with Crippen LogP contribution < -0.4 is 11.1 Å². The molecule has 3 aromatic rings. The zero-order valence-corrected chi connectivity index (χ0v) is 17.0. The van der Waals surface area contributed by atoms with Crippen molar-refractivity contribution in [2.24, 2.45) is 5.73 Å². The Balaban J connectivity index is 1.54. The number of nitrogens with two attached hydrogens (primary N) is 1. The number of benzene rings is 1. The lowest BCUT2D eigenvalue weighted by Gasteiger charge is -2.09. The van der Waals surface area contributed by atoms with Gasteiger partial charge in [-0.05, 0) is 36.2 Å². The standard InChI is InChI=1S/C20H22FN5O3S/c21-15-5-3-14(4-6-15)9-10-23-19(28)13-30-20-25-24-18(8-7-17(22)27)26(20)12-16-2-1-11-29-16/h1-6,11H,7-10,12-13H2,(H2,22,27)(H,23,28). The lowest BCUT2D eigenvalue weighted by atomic mass is 10.1. The normalized spacial score (nSPS) is 10.8. The fourth-order valence-electron chi connectivity index (χ4n) is 2.74. The van der Waals surface area contributed by atoms with Crippen molar-refractivity contribution in [2.75, 3.05) is 12.3 Å². The highest BCUT2D eigenvalue weighted by Crippen LogP contribution is 2.19. The van der Waals surface area contributed by atoms with Crippen LogP contribution in [0.25, 0.3) is 0 Å². The smallest absolute Gasteiger partial charge is 0.230 e. The summed E-state index contributed by atoms with van der Waals surface area (Å²) < 4.78 is 20.1. The molecule has 0 bridgehead atoms. The molecule has 2 heterocycles. The first-order valence-corrected chi connectivity index (χ1v) is 10.4. The summed E-state index contributed by atoms with van der Waals surface area (Å²) in [4.78, 5) is 23.3. The number of carbonyl (C=O) groups is 2. The molecule has 3 rings (SSSR count). The molecule has 0 saturated heterocycles. The van der Waals surface area contributed by atoms with Crippen LogP contribution in [0.4, 0.5) is 4.39 Å². The van der Waals surface area contributed by atoms with Gasteiger partial charge in [0.05, 0.1) is 18.6 Å². The summed E-state index contributed by atoms with van der Waals surface area (Å²) in [7, 11) is 0. The Labute approximate surface area is 177 Å². The van der Waals surface area contributed by atoms with Crippen molar-refractivity contribution in [1.29, 1.82) is 0 Å². The van der Waals surface area contributed by atoms with Crippen LogP contribution in [0.5, 0.6) is 0 Å². The molecular formula is C20H22FN5O3S. The topological polar surface area (TPSA) is 116 Å². The minimum absolute atomic E-state index is 0.145. The number of furan rings is 1. The Bertz CT molecular complexity index is 973. The number of carbonyl (C=O) groups excluding carboxylic acids is 2. The number of nitrogens with one attached hydrogen (secondary N) is 1. The lowest BCUT2D eigenvalue weighted by Crippen LogP contribution is -2.27. The van der Waals surface area contributed by atoms with Crippen LogP contribution in [-0.4, -0.2) is 38.9 Å². The molecule has 10 heteroatoms. The molecule has 8 nitrogen and oxygen atoms in total. The van der Waals surface area contributed by atoms with E-state index in [-0.39, 0.29) is 23.9 Å². The van der Waals surface area contributed by atoms with Crippen LogP contribution in [-0.2, 0) is 29.0 Å². The molecule has 0 atom stereocenters. The number of thioether (sulfide) groups is 1. The summed E-state index contributed by atoms with van der Waals surface area (Å²) in [5, 5.41) is 11.7. The Morgan fingerprint density at radius 2 is 1.97 bits per heavy atom. The summed E-state index contributed by atoms with van der Waals surface area (Å²) >= 11 is 1.25. The van der Waals surface area contributed by atoms with E-state index in [9.17, 15) is 14.0 Å². The quantitative estimate of drug-likeness (QED) is 0.448. The van der Waals surface area contributed by atoms with Gasteiger partial charge in [0.15, 0.2) is 5.16 Å². The second-order valence-corrected chi connectivity index (χ2v) is 7.49. The summed E-state index contributed by atoms with van der Waals surface area (Å²) in [5.74, 6) is 0.624. The van der Waals surface area contributed by atoms with Gasteiger partial charge in [0.2, 0.25) is 11.8 Å². The molecular weight excluding hydrogens is 409 g/mol. The summed E-state index contributed by atoms with van der Waals surface area (Å²) in [6.07, 6.45) is 2.70. The molecule has 2 amide bonds. The van der Waals surface area contributed by atoms with Crippen LogP contribution >= 0.6 is 11.8 Å². The van der Waals surface area contributed by atoms with Gasteiger partial charge in [0.25, 0.3) is 0 Å². The molecule has 0 spiro atoms. The maximum atomic E-state index is 12.9. The molecule has 0 radical (unpaired) electrons. The molecule has 158 valence electrons. The van der Waals surface area contributed by atoms with Crippen LogP contribution in [0.15, 0.2) is 52.2 Å². The third-order valence-electron chi connectivity index (χ3n) is 4.26. The summed E-state index contributed by atoms with van der Waals surface area (Å²) in [6.45, 7) is 0.844. The summed E-state index contributed by atoms with van der Waals surface area (Å²) in [6, 6.07) is 9.80. The van der Waals surface area contributed by atoms with Gasteiger partial charge in [0, 0.05) is 19.4 Å². The Kier molecular flexibility index (Phi) is 7.61. The highest BCUT2D eigenvalue weighted by atomic mass is 32.2. The van der Waals surface area contributed by atoms with Gasteiger partial charge in [-0.3, -0.25) is 14.2 Å². The average molecular weight is 431 g/mol. The van der Waals surface area contributed by atoms with Crippen molar-refractivity contribution in [3.8, 4) is 0 Å². The molecule has 2 aromatic heterocycles. The molecule has 1 aromatic carbocycles. The minimum Gasteiger partial charge on any atom is -0.467 e. The highest BCUT2D eigenvalue weighted by molar-refractivity contribution is 7.99. The number of hydrogen-bond acceptors (Lipinski definition) is 6. The third kappa shape index (κ3) is 6.45. The van der Waals surface area contributed by atoms with Gasteiger partial charge in [0.1, 0.15) is 17.4 Å². The summed E-state index contributed by atoms with van der Waals surface area (Å²) in [5.41, 5.74) is 6.18. The lowest BCUT2D eigenvalue weighted by molar-refractivity contribution is -0.119.